The van der Waals surface area contributed by atoms with Crippen molar-refractivity contribution in [1.82, 2.24) is 15.4 Å². The number of H-pyrrole nitrogens is 1. The number of rotatable bonds is 15. The molecule has 0 bridgehead atoms. The maximum Gasteiger partial charge on any atom is 0.112 e. The lowest BCUT2D eigenvalue weighted by Gasteiger charge is -2.02. The summed E-state index contributed by atoms with van der Waals surface area (Å²) in [6.45, 7) is 6.75. The molecule has 0 radical (unpaired) electrons. The summed E-state index contributed by atoms with van der Waals surface area (Å²) in [5.41, 5.74) is 1.83. The number of aromatic amines is 1. The molecule has 1 heterocycles. The van der Waals surface area contributed by atoms with E-state index in [1.165, 1.54) is 89.9 Å². The molecule has 2 aromatic rings. The number of hydrogen-bond acceptors (Lipinski definition) is 3. The summed E-state index contributed by atoms with van der Waals surface area (Å²) in [5, 5.41) is 10.3. The number of nitrogens with one attached hydrogen (secondary N) is 1. The summed E-state index contributed by atoms with van der Waals surface area (Å²) >= 11 is 0. The van der Waals surface area contributed by atoms with E-state index in [9.17, 15) is 0 Å². The number of aromatic nitrogens is 3. The van der Waals surface area contributed by atoms with Crippen LogP contribution in [0.2, 0.25) is 0 Å². The zero-order valence-corrected chi connectivity index (χ0v) is 17.5. The van der Waals surface area contributed by atoms with Crippen LogP contribution in [0.5, 0.6) is 0 Å². The fourth-order valence-corrected chi connectivity index (χ4v) is 3.20. The van der Waals surface area contributed by atoms with Crippen LogP contribution in [0, 0.1) is 0 Å². The largest absolute Gasteiger partial charge is 0.301 e. The van der Waals surface area contributed by atoms with Crippen LogP contribution in [0.15, 0.2) is 29.3 Å². The smallest absolute Gasteiger partial charge is 0.112 e. The average Bonchev–Trinajstić information content (AvgIpc) is 3.18. The Morgan fingerprint density at radius 1 is 0.704 bits per heavy atom. The Hall–Kier alpha value is -1.71. The minimum atomic E-state index is 0.914. The number of aliphatic imine (C=N–C) groups is 1. The maximum absolute atomic E-state index is 3.88. The van der Waals surface area contributed by atoms with Gasteiger partial charge in [-0.05, 0) is 25.3 Å². The van der Waals surface area contributed by atoms with Crippen LogP contribution >= 0.6 is 0 Å². The Morgan fingerprint density at radius 3 is 1.52 bits per heavy atom. The van der Waals surface area contributed by atoms with Crippen LogP contribution in [0.25, 0.3) is 11.0 Å². The van der Waals surface area contributed by atoms with Gasteiger partial charge in [0.1, 0.15) is 11.0 Å². The van der Waals surface area contributed by atoms with E-state index in [2.05, 4.69) is 34.0 Å². The van der Waals surface area contributed by atoms with Gasteiger partial charge < -0.3 is 4.99 Å². The Morgan fingerprint density at radius 2 is 1.11 bits per heavy atom. The number of unbranched alkanes of at least 4 members (excludes halogenated alkanes) is 13. The molecule has 1 aromatic heterocycles. The van der Waals surface area contributed by atoms with E-state index in [1.54, 1.807) is 0 Å². The number of nitrogens with zero attached hydrogens (tertiary/aromatic N) is 3. The molecule has 0 atom stereocenters. The second kappa shape index (κ2) is 17.7. The van der Waals surface area contributed by atoms with Gasteiger partial charge in [-0.15, -0.1) is 0 Å². The van der Waals surface area contributed by atoms with Crippen LogP contribution in [0.1, 0.15) is 96.8 Å². The molecule has 1 aromatic carbocycles. The molecule has 0 spiro atoms. The van der Waals surface area contributed by atoms with Gasteiger partial charge in [0.15, 0.2) is 0 Å². The van der Waals surface area contributed by atoms with Crippen molar-refractivity contribution in [2.45, 2.75) is 96.8 Å². The van der Waals surface area contributed by atoms with Gasteiger partial charge >= 0.3 is 0 Å². The molecule has 152 valence electrons. The van der Waals surface area contributed by atoms with E-state index in [0.717, 1.165) is 17.6 Å². The second-order valence-electron chi connectivity index (χ2n) is 7.36. The maximum atomic E-state index is 3.88. The summed E-state index contributed by atoms with van der Waals surface area (Å²) in [5.74, 6) is 0. The highest BCUT2D eigenvalue weighted by atomic mass is 15.3. The van der Waals surface area contributed by atoms with E-state index in [4.69, 9.17) is 0 Å². The monoisotopic (exact) mass is 372 g/mol. The first kappa shape index (κ1) is 23.3. The molecule has 0 saturated heterocycles. The van der Waals surface area contributed by atoms with Gasteiger partial charge in [-0.1, -0.05) is 103 Å². The molecule has 1 N–H and O–H groups in total. The van der Waals surface area contributed by atoms with E-state index in [1.807, 2.05) is 24.3 Å². The summed E-state index contributed by atoms with van der Waals surface area (Å²) in [7, 11) is 0. The second-order valence-corrected chi connectivity index (χ2v) is 7.36. The third kappa shape index (κ3) is 13.2. The molecule has 0 aliphatic heterocycles. The molecule has 4 nitrogen and oxygen atoms in total. The fraction of sp³-hybridized carbons (Fsp3) is 0.696. The molecule has 0 aliphatic rings. The predicted octanol–water partition coefficient (Wildman–Crippen LogP) is 7.13. The third-order valence-electron chi connectivity index (χ3n) is 4.89. The van der Waals surface area contributed by atoms with Crippen LogP contribution in [-0.4, -0.2) is 28.7 Å². The first-order chi connectivity index (χ1) is 13.4. The van der Waals surface area contributed by atoms with Crippen LogP contribution in [0.3, 0.4) is 0 Å². The van der Waals surface area contributed by atoms with Gasteiger partial charge in [-0.25, -0.2) is 0 Å². The lowest BCUT2D eigenvalue weighted by molar-refractivity contribution is 0.536. The van der Waals surface area contributed by atoms with Gasteiger partial charge in [-0.3, -0.25) is 0 Å². The highest BCUT2D eigenvalue weighted by molar-refractivity contribution is 5.72. The Kier molecular flexibility index (Phi) is 15.3. The predicted molar refractivity (Wildman–Crippen MR) is 119 cm³/mol. The summed E-state index contributed by atoms with van der Waals surface area (Å²) in [6, 6.07) is 7.70. The molecule has 0 unspecified atom stereocenters. The standard InChI is InChI=1S/C17H35N.C6H5N3/c1-3-4-5-6-7-8-9-10-11-12-13-14-15-16-17-18-2;1-2-4-6-5(3-1)7-9-8-6/h2-17H2,1H3;1-4H,(H,7,8,9). The van der Waals surface area contributed by atoms with Crippen LogP contribution in [0.4, 0.5) is 0 Å². The number of para-hydroxylation sites is 2. The van der Waals surface area contributed by atoms with E-state index in [0.29, 0.717) is 0 Å². The molecule has 0 amide bonds. The lowest BCUT2D eigenvalue weighted by atomic mass is 10.0. The van der Waals surface area contributed by atoms with Crippen molar-refractivity contribution in [2.75, 3.05) is 6.54 Å². The van der Waals surface area contributed by atoms with Gasteiger partial charge in [-0.2, -0.15) is 15.4 Å². The quantitative estimate of drug-likeness (QED) is 0.267. The molecule has 2 rings (SSSR count). The summed E-state index contributed by atoms with van der Waals surface area (Å²) in [6.07, 6.45) is 19.9. The normalized spacial score (nSPS) is 10.6. The zero-order valence-electron chi connectivity index (χ0n) is 17.5. The SMILES string of the molecule is C=NCCCCCCCCCCCCCCCC.c1ccc2n[nH]nc2c1. The molecule has 0 fully saturated rings. The van der Waals surface area contributed by atoms with Crippen molar-refractivity contribution in [3.8, 4) is 0 Å². The summed E-state index contributed by atoms with van der Waals surface area (Å²) in [4.78, 5) is 3.88. The van der Waals surface area contributed by atoms with E-state index in [-0.39, 0.29) is 0 Å². The van der Waals surface area contributed by atoms with Crippen molar-refractivity contribution in [3.05, 3.63) is 24.3 Å². The molecular formula is C23H40N4. The average molecular weight is 373 g/mol. The number of fused-ring (bicyclic) bond motifs is 1. The third-order valence-corrected chi connectivity index (χ3v) is 4.89. The van der Waals surface area contributed by atoms with Crippen molar-refractivity contribution in [2.24, 2.45) is 4.99 Å². The molecule has 4 heteroatoms. The highest BCUT2D eigenvalue weighted by Gasteiger charge is 1.93. The van der Waals surface area contributed by atoms with Crippen molar-refractivity contribution < 1.29 is 0 Å². The highest BCUT2D eigenvalue weighted by Crippen LogP contribution is 2.12. The minimum Gasteiger partial charge on any atom is -0.301 e. The van der Waals surface area contributed by atoms with Gasteiger partial charge in [0.05, 0.1) is 0 Å². The Labute approximate surface area is 166 Å². The summed E-state index contributed by atoms with van der Waals surface area (Å²) < 4.78 is 0. The van der Waals surface area contributed by atoms with Crippen molar-refractivity contribution in [1.29, 1.82) is 0 Å². The lowest BCUT2D eigenvalue weighted by Crippen LogP contribution is -1.84. The van der Waals surface area contributed by atoms with Crippen LogP contribution < -0.4 is 0 Å². The zero-order chi connectivity index (χ0) is 19.4. The van der Waals surface area contributed by atoms with Gasteiger partial charge in [0.2, 0.25) is 0 Å². The Balaban J connectivity index is 0.000000330. The minimum absolute atomic E-state index is 0.914. The molecule has 27 heavy (non-hydrogen) atoms. The van der Waals surface area contributed by atoms with Gasteiger partial charge in [0, 0.05) is 6.54 Å². The topological polar surface area (TPSA) is 53.9 Å². The fourth-order valence-electron chi connectivity index (χ4n) is 3.20. The van der Waals surface area contributed by atoms with Gasteiger partial charge in [0.25, 0.3) is 0 Å². The first-order valence-corrected chi connectivity index (χ1v) is 11.1. The molecule has 0 saturated carbocycles. The van der Waals surface area contributed by atoms with E-state index < -0.39 is 0 Å². The van der Waals surface area contributed by atoms with Crippen molar-refractivity contribution in [3.63, 3.8) is 0 Å². The molecule has 0 aliphatic carbocycles. The first-order valence-electron chi connectivity index (χ1n) is 11.1. The molecular weight excluding hydrogens is 332 g/mol. The van der Waals surface area contributed by atoms with E-state index >= 15 is 0 Å². The number of hydrogen-bond donors (Lipinski definition) is 1. The Bertz CT molecular complexity index is 534. The number of benzene rings is 1. The van der Waals surface area contributed by atoms with Crippen molar-refractivity contribution >= 4 is 17.8 Å². The van der Waals surface area contributed by atoms with Crippen LogP contribution in [-0.2, 0) is 0 Å².